The molecule has 0 aliphatic carbocycles. The van der Waals surface area contributed by atoms with Crippen LogP contribution in [0.25, 0.3) is 6.08 Å². The number of carbonyl (C=O) groups is 1. The third kappa shape index (κ3) is 4.15. The van der Waals surface area contributed by atoms with Gasteiger partial charge in [-0.05, 0) is 54.2 Å². The molecule has 1 aliphatic heterocycles. The van der Waals surface area contributed by atoms with Crippen LogP contribution in [0, 0.1) is 0 Å². The van der Waals surface area contributed by atoms with Crippen molar-refractivity contribution in [1.29, 1.82) is 0 Å². The smallest absolute Gasteiger partial charge is 0.281 e. The van der Waals surface area contributed by atoms with E-state index in [4.69, 9.17) is 17.0 Å². The molecule has 4 rings (SSSR count). The Bertz CT molecular complexity index is 1110. The molecule has 0 bridgehead atoms. The number of hydrogen-bond donors (Lipinski definition) is 0. The molecule has 0 N–H and O–H groups in total. The van der Waals surface area contributed by atoms with Gasteiger partial charge in [0.1, 0.15) is 18.1 Å². The van der Waals surface area contributed by atoms with Crippen LogP contribution >= 0.6 is 28.1 Å². The molecule has 1 saturated heterocycles. The summed E-state index contributed by atoms with van der Waals surface area (Å²) >= 11 is 8.97. The molecule has 0 radical (unpaired) electrons. The normalized spacial score (nSPS) is 15.2. The summed E-state index contributed by atoms with van der Waals surface area (Å²) in [5.74, 6) is 0.551. The summed E-state index contributed by atoms with van der Waals surface area (Å²) in [7, 11) is 1.81. The lowest BCUT2D eigenvalue weighted by Gasteiger charge is -2.16. The second-order valence-electron chi connectivity index (χ2n) is 6.80. The van der Waals surface area contributed by atoms with Crippen molar-refractivity contribution in [3.63, 3.8) is 0 Å². The third-order valence-electron chi connectivity index (χ3n) is 4.80. The molecule has 150 valence electrons. The van der Waals surface area contributed by atoms with Gasteiger partial charge in [-0.15, -0.1) is 0 Å². The Morgan fingerprint density at radius 3 is 2.37 bits per heavy atom. The topological polar surface area (TPSA) is 32.8 Å². The maximum absolute atomic E-state index is 13.1. The van der Waals surface area contributed by atoms with Crippen molar-refractivity contribution in [2.45, 2.75) is 6.61 Å². The van der Waals surface area contributed by atoms with Crippen LogP contribution in [0.4, 0.5) is 5.69 Å². The molecule has 0 aromatic heterocycles. The summed E-state index contributed by atoms with van der Waals surface area (Å²) in [6.45, 7) is 0.436. The number of benzene rings is 3. The average Bonchev–Trinajstić information content (AvgIpc) is 2.98. The Morgan fingerprint density at radius 1 is 0.967 bits per heavy atom. The summed E-state index contributed by atoms with van der Waals surface area (Å²) in [5, 5.41) is 0.450. The quantitative estimate of drug-likeness (QED) is 0.351. The molecule has 3 aromatic carbocycles. The lowest BCUT2D eigenvalue weighted by atomic mass is 10.1. The highest BCUT2D eigenvalue weighted by Crippen LogP contribution is 2.30. The van der Waals surface area contributed by atoms with E-state index in [1.54, 1.807) is 16.8 Å². The Labute approximate surface area is 189 Å². The first-order valence-electron chi connectivity index (χ1n) is 9.40. The Balaban J connectivity index is 1.61. The van der Waals surface area contributed by atoms with Crippen LogP contribution < -0.4 is 9.64 Å². The summed E-state index contributed by atoms with van der Waals surface area (Å²) < 4.78 is 7.07. The monoisotopic (exact) mass is 478 g/mol. The van der Waals surface area contributed by atoms with E-state index in [9.17, 15) is 4.79 Å². The number of ether oxygens (including phenoxy) is 1. The molecule has 1 amide bonds. The van der Waals surface area contributed by atoms with Crippen LogP contribution in [-0.4, -0.2) is 23.0 Å². The Kier molecular flexibility index (Phi) is 5.97. The number of rotatable bonds is 5. The van der Waals surface area contributed by atoms with Gasteiger partial charge >= 0.3 is 0 Å². The SMILES string of the molecule is CN1C(=S)N(c2ccccc2)C(=O)/C1=C/c1ccccc1OCc1ccc(Br)cc1. The van der Waals surface area contributed by atoms with E-state index in [0.29, 0.717) is 23.2 Å². The zero-order valence-corrected chi connectivity index (χ0v) is 18.7. The molecule has 0 unspecified atom stereocenters. The van der Waals surface area contributed by atoms with Crippen LogP contribution in [0.5, 0.6) is 5.75 Å². The number of likely N-dealkylation sites (N-methyl/N-ethyl adjacent to an activating group) is 1. The molecule has 0 saturated carbocycles. The minimum atomic E-state index is -0.156. The molecule has 1 fully saturated rings. The van der Waals surface area contributed by atoms with E-state index >= 15 is 0 Å². The van der Waals surface area contributed by atoms with Crippen molar-refractivity contribution in [3.05, 3.63) is 100 Å². The van der Waals surface area contributed by atoms with Crippen LogP contribution in [0.15, 0.2) is 89.0 Å². The molecule has 1 aliphatic rings. The summed E-state index contributed by atoms with van der Waals surface area (Å²) in [6.07, 6.45) is 1.83. The van der Waals surface area contributed by atoms with Crippen LogP contribution in [0.1, 0.15) is 11.1 Å². The molecule has 6 heteroatoms. The number of thiocarbonyl (C=S) groups is 1. The largest absolute Gasteiger partial charge is 0.488 e. The standard InChI is InChI=1S/C24H19BrN2O2S/c1-26-21(23(28)27(24(26)30)20-8-3-2-4-9-20)15-18-7-5-6-10-22(18)29-16-17-11-13-19(25)14-12-17/h2-15H,16H2,1H3/b21-15-. The number of halogens is 1. The highest BCUT2D eigenvalue weighted by Gasteiger charge is 2.36. The van der Waals surface area contributed by atoms with Gasteiger partial charge in [0.05, 0.1) is 5.69 Å². The number of hydrogen-bond acceptors (Lipinski definition) is 3. The maximum atomic E-state index is 13.1. The fraction of sp³-hybridized carbons (Fsp3) is 0.0833. The fourth-order valence-electron chi connectivity index (χ4n) is 3.18. The number of nitrogens with zero attached hydrogens (tertiary/aromatic N) is 2. The van der Waals surface area contributed by atoms with Crippen LogP contribution in [0.3, 0.4) is 0 Å². The van der Waals surface area contributed by atoms with Crippen molar-refractivity contribution >= 4 is 50.9 Å². The zero-order valence-electron chi connectivity index (χ0n) is 16.3. The molecule has 0 atom stereocenters. The van der Waals surface area contributed by atoms with Crippen molar-refractivity contribution in [2.24, 2.45) is 0 Å². The van der Waals surface area contributed by atoms with Gasteiger partial charge in [0.2, 0.25) is 0 Å². The van der Waals surface area contributed by atoms with Gasteiger partial charge in [-0.3, -0.25) is 9.69 Å². The average molecular weight is 479 g/mol. The fourth-order valence-corrected chi connectivity index (χ4v) is 3.73. The zero-order chi connectivity index (χ0) is 21.1. The number of para-hydroxylation sites is 2. The summed E-state index contributed by atoms with van der Waals surface area (Å²) in [5.41, 5.74) is 3.14. The van der Waals surface area contributed by atoms with Crippen molar-refractivity contribution in [2.75, 3.05) is 11.9 Å². The number of carbonyl (C=O) groups excluding carboxylic acids is 1. The first-order valence-corrected chi connectivity index (χ1v) is 10.6. The van der Waals surface area contributed by atoms with E-state index in [2.05, 4.69) is 15.9 Å². The predicted molar refractivity (Wildman–Crippen MR) is 127 cm³/mol. The minimum Gasteiger partial charge on any atom is -0.488 e. The van der Waals surface area contributed by atoms with Crippen LogP contribution in [0.2, 0.25) is 0 Å². The second kappa shape index (κ2) is 8.81. The second-order valence-corrected chi connectivity index (χ2v) is 8.08. The molecule has 1 heterocycles. The van der Waals surface area contributed by atoms with E-state index in [1.807, 2.05) is 84.9 Å². The first-order chi connectivity index (χ1) is 14.5. The highest BCUT2D eigenvalue weighted by atomic mass is 79.9. The molecule has 3 aromatic rings. The van der Waals surface area contributed by atoms with E-state index in [-0.39, 0.29) is 5.91 Å². The van der Waals surface area contributed by atoms with Gasteiger partial charge in [0.25, 0.3) is 5.91 Å². The lowest BCUT2D eigenvalue weighted by Crippen LogP contribution is -2.30. The summed E-state index contributed by atoms with van der Waals surface area (Å²) in [6, 6.07) is 25.1. The highest BCUT2D eigenvalue weighted by molar-refractivity contribution is 9.10. The lowest BCUT2D eigenvalue weighted by molar-refractivity contribution is -0.114. The van der Waals surface area contributed by atoms with Crippen LogP contribution in [-0.2, 0) is 11.4 Å². The van der Waals surface area contributed by atoms with Gasteiger partial charge in [-0.1, -0.05) is 64.5 Å². The van der Waals surface area contributed by atoms with Gasteiger partial charge in [0.15, 0.2) is 5.11 Å². The Morgan fingerprint density at radius 2 is 1.63 bits per heavy atom. The maximum Gasteiger partial charge on any atom is 0.281 e. The van der Waals surface area contributed by atoms with Gasteiger partial charge in [-0.25, -0.2) is 0 Å². The first kappa shape index (κ1) is 20.3. The minimum absolute atomic E-state index is 0.156. The molecule has 0 spiro atoms. The van der Waals surface area contributed by atoms with Gasteiger partial charge in [0, 0.05) is 17.1 Å². The number of anilines is 1. The predicted octanol–water partition coefficient (Wildman–Crippen LogP) is 5.63. The van der Waals surface area contributed by atoms with E-state index < -0.39 is 0 Å². The Hall–Kier alpha value is -2.96. The molecular formula is C24H19BrN2O2S. The molecular weight excluding hydrogens is 460 g/mol. The summed E-state index contributed by atoms with van der Waals surface area (Å²) in [4.78, 5) is 16.4. The van der Waals surface area contributed by atoms with E-state index in [0.717, 1.165) is 21.3 Å². The van der Waals surface area contributed by atoms with Gasteiger partial charge in [-0.2, -0.15) is 0 Å². The van der Waals surface area contributed by atoms with Crippen molar-refractivity contribution in [1.82, 2.24) is 4.90 Å². The van der Waals surface area contributed by atoms with Crippen molar-refractivity contribution in [3.8, 4) is 5.75 Å². The molecule has 4 nitrogen and oxygen atoms in total. The van der Waals surface area contributed by atoms with E-state index in [1.165, 1.54) is 0 Å². The molecule has 30 heavy (non-hydrogen) atoms. The van der Waals surface area contributed by atoms with Gasteiger partial charge < -0.3 is 9.64 Å². The third-order valence-corrected chi connectivity index (χ3v) is 5.78. The number of amides is 1. The van der Waals surface area contributed by atoms with Crippen molar-refractivity contribution < 1.29 is 9.53 Å².